The van der Waals surface area contributed by atoms with E-state index in [9.17, 15) is 13.6 Å². The zero-order chi connectivity index (χ0) is 18.0. The molecule has 1 saturated carbocycles. The third-order valence-corrected chi connectivity index (χ3v) is 4.97. The highest BCUT2D eigenvalue weighted by Gasteiger charge is 2.46. The summed E-state index contributed by atoms with van der Waals surface area (Å²) >= 11 is 0. The van der Waals surface area contributed by atoms with Crippen LogP contribution in [-0.2, 0) is 10.2 Å². The van der Waals surface area contributed by atoms with Crippen molar-refractivity contribution in [3.8, 4) is 0 Å². The van der Waals surface area contributed by atoms with Gasteiger partial charge in [0.25, 0.3) is 0 Å². The number of benzene rings is 1. The van der Waals surface area contributed by atoms with E-state index in [1.54, 1.807) is 12.4 Å². The van der Waals surface area contributed by atoms with Crippen molar-refractivity contribution in [1.29, 1.82) is 0 Å². The molecule has 1 unspecified atom stereocenters. The number of halogens is 2. The second-order valence-electron chi connectivity index (χ2n) is 7.12. The number of aromatic nitrogens is 1. The van der Waals surface area contributed by atoms with E-state index in [0.717, 1.165) is 24.5 Å². The fourth-order valence-electron chi connectivity index (χ4n) is 3.39. The second-order valence-corrected chi connectivity index (χ2v) is 7.12. The highest BCUT2D eigenvalue weighted by Crippen LogP contribution is 2.48. The van der Waals surface area contributed by atoms with Gasteiger partial charge in [0.2, 0.25) is 5.91 Å². The van der Waals surface area contributed by atoms with Gasteiger partial charge in [-0.3, -0.25) is 9.78 Å². The Morgan fingerprint density at radius 2 is 1.88 bits per heavy atom. The molecule has 132 valence electrons. The summed E-state index contributed by atoms with van der Waals surface area (Å²) in [6, 6.07) is 7.36. The SMILES string of the molecule is CC(C)C(C(=O)NCC1(c2ccc(F)cc2F)CC1)c1ccncc1. The molecular weight excluding hydrogens is 322 g/mol. The molecule has 1 aromatic carbocycles. The van der Waals surface area contributed by atoms with Crippen LogP contribution in [0.15, 0.2) is 42.7 Å². The normalized spacial score (nSPS) is 16.5. The molecule has 1 aliphatic rings. The minimum Gasteiger partial charge on any atom is -0.355 e. The summed E-state index contributed by atoms with van der Waals surface area (Å²) in [5, 5.41) is 2.99. The first-order valence-electron chi connectivity index (χ1n) is 8.56. The Morgan fingerprint density at radius 3 is 2.44 bits per heavy atom. The summed E-state index contributed by atoms with van der Waals surface area (Å²) in [6.45, 7) is 4.36. The van der Waals surface area contributed by atoms with E-state index >= 15 is 0 Å². The van der Waals surface area contributed by atoms with Crippen LogP contribution >= 0.6 is 0 Å². The molecule has 5 heteroatoms. The first-order valence-corrected chi connectivity index (χ1v) is 8.56. The number of carbonyl (C=O) groups is 1. The quantitative estimate of drug-likeness (QED) is 0.862. The predicted molar refractivity (Wildman–Crippen MR) is 92.1 cm³/mol. The lowest BCUT2D eigenvalue weighted by molar-refractivity contribution is -0.123. The molecule has 0 bridgehead atoms. The lowest BCUT2D eigenvalue weighted by Crippen LogP contribution is -2.37. The smallest absolute Gasteiger partial charge is 0.227 e. The van der Waals surface area contributed by atoms with E-state index in [-0.39, 0.29) is 17.7 Å². The topological polar surface area (TPSA) is 42.0 Å². The van der Waals surface area contributed by atoms with Gasteiger partial charge in [-0.05, 0) is 48.1 Å². The third-order valence-electron chi connectivity index (χ3n) is 4.97. The Labute approximate surface area is 146 Å². The number of hydrogen-bond acceptors (Lipinski definition) is 2. The average molecular weight is 344 g/mol. The van der Waals surface area contributed by atoms with Crippen LogP contribution in [0.3, 0.4) is 0 Å². The van der Waals surface area contributed by atoms with E-state index in [1.165, 1.54) is 12.1 Å². The fraction of sp³-hybridized carbons (Fsp3) is 0.400. The maximum atomic E-state index is 14.1. The van der Waals surface area contributed by atoms with Crippen LogP contribution in [0.1, 0.15) is 43.7 Å². The van der Waals surface area contributed by atoms with Crippen LogP contribution in [0.5, 0.6) is 0 Å². The van der Waals surface area contributed by atoms with Crippen molar-refractivity contribution in [3.05, 3.63) is 65.5 Å². The summed E-state index contributed by atoms with van der Waals surface area (Å²) < 4.78 is 27.2. The molecule has 1 fully saturated rings. The van der Waals surface area contributed by atoms with Crippen molar-refractivity contribution >= 4 is 5.91 Å². The molecule has 25 heavy (non-hydrogen) atoms. The highest BCUT2D eigenvalue weighted by atomic mass is 19.1. The van der Waals surface area contributed by atoms with Crippen molar-refractivity contribution in [2.75, 3.05) is 6.54 Å². The monoisotopic (exact) mass is 344 g/mol. The van der Waals surface area contributed by atoms with Crippen molar-refractivity contribution in [1.82, 2.24) is 10.3 Å². The van der Waals surface area contributed by atoms with Gasteiger partial charge in [0.1, 0.15) is 11.6 Å². The summed E-state index contributed by atoms with van der Waals surface area (Å²) in [5.41, 5.74) is 0.993. The molecule has 1 N–H and O–H groups in total. The maximum Gasteiger partial charge on any atom is 0.227 e. The Kier molecular flexibility index (Phi) is 4.84. The fourth-order valence-corrected chi connectivity index (χ4v) is 3.39. The number of amides is 1. The van der Waals surface area contributed by atoms with Crippen molar-refractivity contribution in [2.24, 2.45) is 5.92 Å². The van der Waals surface area contributed by atoms with E-state index in [2.05, 4.69) is 10.3 Å². The largest absolute Gasteiger partial charge is 0.355 e. The van der Waals surface area contributed by atoms with Crippen LogP contribution in [-0.4, -0.2) is 17.4 Å². The second kappa shape index (κ2) is 6.90. The Bertz CT molecular complexity index is 758. The molecule has 0 radical (unpaired) electrons. The van der Waals surface area contributed by atoms with E-state index < -0.39 is 17.0 Å². The minimum absolute atomic E-state index is 0.0741. The molecule has 0 spiro atoms. The van der Waals surface area contributed by atoms with Gasteiger partial charge in [-0.15, -0.1) is 0 Å². The van der Waals surface area contributed by atoms with Crippen molar-refractivity contribution in [3.63, 3.8) is 0 Å². The van der Waals surface area contributed by atoms with Gasteiger partial charge in [0.15, 0.2) is 0 Å². The van der Waals surface area contributed by atoms with Crippen LogP contribution in [0.2, 0.25) is 0 Å². The van der Waals surface area contributed by atoms with Gasteiger partial charge in [-0.1, -0.05) is 19.9 Å². The highest BCUT2D eigenvalue weighted by molar-refractivity contribution is 5.84. The molecule has 2 aromatic rings. The molecular formula is C20H22F2N2O. The summed E-state index contributed by atoms with van der Waals surface area (Å²) in [5.74, 6) is -1.35. The third kappa shape index (κ3) is 3.70. The summed E-state index contributed by atoms with van der Waals surface area (Å²) in [6.07, 6.45) is 4.93. The number of pyridine rings is 1. The molecule has 1 aromatic heterocycles. The van der Waals surface area contributed by atoms with Crippen LogP contribution in [0, 0.1) is 17.6 Å². The maximum absolute atomic E-state index is 14.1. The van der Waals surface area contributed by atoms with Gasteiger partial charge in [-0.2, -0.15) is 0 Å². The zero-order valence-corrected chi connectivity index (χ0v) is 14.4. The van der Waals surface area contributed by atoms with Crippen LogP contribution in [0.4, 0.5) is 8.78 Å². The lowest BCUT2D eigenvalue weighted by atomic mass is 9.87. The van der Waals surface area contributed by atoms with E-state index in [1.807, 2.05) is 26.0 Å². The lowest BCUT2D eigenvalue weighted by Gasteiger charge is -2.23. The average Bonchev–Trinajstić information content (AvgIpc) is 3.34. The molecule has 0 saturated heterocycles. The Balaban J connectivity index is 1.73. The molecule has 1 amide bonds. The van der Waals surface area contributed by atoms with Gasteiger partial charge in [-0.25, -0.2) is 8.78 Å². The van der Waals surface area contributed by atoms with Gasteiger partial charge < -0.3 is 5.32 Å². The van der Waals surface area contributed by atoms with Crippen LogP contribution < -0.4 is 5.32 Å². The predicted octanol–water partition coefficient (Wildman–Crippen LogP) is 3.95. The molecule has 0 aliphatic heterocycles. The van der Waals surface area contributed by atoms with E-state index in [0.29, 0.717) is 12.1 Å². The summed E-state index contributed by atoms with van der Waals surface area (Å²) in [4.78, 5) is 16.7. The zero-order valence-electron chi connectivity index (χ0n) is 14.4. The standard InChI is InChI=1S/C20H22F2N2O/c1-13(2)18(14-5-9-23-10-6-14)19(25)24-12-20(7-8-20)16-4-3-15(21)11-17(16)22/h3-6,9-11,13,18H,7-8,12H2,1-2H3,(H,24,25). The molecule has 3 rings (SSSR count). The molecule has 1 aliphatic carbocycles. The van der Waals surface area contributed by atoms with Gasteiger partial charge >= 0.3 is 0 Å². The van der Waals surface area contributed by atoms with Gasteiger partial charge in [0, 0.05) is 30.4 Å². The molecule has 3 nitrogen and oxygen atoms in total. The molecule has 1 atom stereocenters. The Hall–Kier alpha value is -2.30. The Morgan fingerprint density at radius 1 is 1.20 bits per heavy atom. The van der Waals surface area contributed by atoms with Gasteiger partial charge in [0.05, 0.1) is 5.92 Å². The first kappa shape index (κ1) is 17.5. The number of nitrogens with zero attached hydrogens (tertiary/aromatic N) is 1. The first-order chi connectivity index (χ1) is 11.9. The van der Waals surface area contributed by atoms with Crippen molar-refractivity contribution < 1.29 is 13.6 Å². The van der Waals surface area contributed by atoms with Crippen molar-refractivity contribution in [2.45, 2.75) is 38.0 Å². The van der Waals surface area contributed by atoms with Crippen LogP contribution in [0.25, 0.3) is 0 Å². The number of hydrogen-bond donors (Lipinski definition) is 1. The summed E-state index contributed by atoms with van der Waals surface area (Å²) in [7, 11) is 0. The molecule has 1 heterocycles. The number of nitrogens with one attached hydrogen (secondary N) is 1. The number of rotatable bonds is 6. The minimum atomic E-state index is -0.585. The van der Waals surface area contributed by atoms with E-state index in [4.69, 9.17) is 0 Å². The number of carbonyl (C=O) groups excluding carboxylic acids is 1.